The minimum atomic E-state index is -4.64. The van der Waals surface area contributed by atoms with Gasteiger partial charge in [0.25, 0.3) is 0 Å². The first kappa shape index (κ1) is 20.2. The summed E-state index contributed by atoms with van der Waals surface area (Å²) in [5, 5.41) is 0. The summed E-state index contributed by atoms with van der Waals surface area (Å²) < 4.78 is 68.0. The molecule has 0 amide bonds. The van der Waals surface area contributed by atoms with Gasteiger partial charge in [-0.3, -0.25) is 0 Å². The Bertz CT molecular complexity index is 710. The summed E-state index contributed by atoms with van der Waals surface area (Å²) in [7, 11) is 0. The van der Waals surface area contributed by atoms with E-state index < -0.39 is 23.8 Å². The van der Waals surface area contributed by atoms with Crippen LogP contribution in [0.1, 0.15) is 36.8 Å². The van der Waals surface area contributed by atoms with Crippen molar-refractivity contribution in [3.8, 4) is 5.75 Å². The molecule has 2 rings (SSSR count). The zero-order valence-electron chi connectivity index (χ0n) is 14.5. The van der Waals surface area contributed by atoms with Crippen molar-refractivity contribution in [3.63, 3.8) is 0 Å². The molecule has 0 unspecified atom stereocenters. The molecule has 0 saturated carbocycles. The summed E-state index contributed by atoms with van der Waals surface area (Å²) in [6, 6.07) is 9.25. The van der Waals surface area contributed by atoms with Crippen molar-refractivity contribution in [2.45, 2.75) is 32.9 Å². The van der Waals surface area contributed by atoms with Crippen LogP contribution in [0.15, 0.2) is 42.5 Å². The number of halogens is 4. The quantitative estimate of drug-likeness (QED) is 0.453. The normalized spacial score (nSPS) is 11.8. The SMILES string of the molecule is CCOC(OCC)c1cccc(COc2cc(F)cc(C(F)(F)F)c2)c1. The Morgan fingerprint density at radius 3 is 2.27 bits per heavy atom. The van der Waals surface area contributed by atoms with Crippen LogP contribution in [0.5, 0.6) is 5.75 Å². The minimum absolute atomic E-state index is 0.0143. The van der Waals surface area contributed by atoms with E-state index in [0.717, 1.165) is 17.7 Å². The predicted octanol–water partition coefficient (Wildman–Crippen LogP) is 5.50. The van der Waals surface area contributed by atoms with E-state index in [0.29, 0.717) is 24.8 Å². The molecule has 0 N–H and O–H groups in total. The molecule has 0 atom stereocenters. The summed E-state index contributed by atoms with van der Waals surface area (Å²) in [4.78, 5) is 0. The molecule has 0 spiro atoms. The van der Waals surface area contributed by atoms with Crippen LogP contribution in [-0.2, 0) is 22.3 Å². The van der Waals surface area contributed by atoms with Gasteiger partial charge in [0.05, 0.1) is 5.56 Å². The van der Waals surface area contributed by atoms with E-state index in [4.69, 9.17) is 14.2 Å². The second-order valence-corrected chi connectivity index (χ2v) is 5.45. The van der Waals surface area contributed by atoms with Crippen molar-refractivity contribution in [1.29, 1.82) is 0 Å². The molecule has 26 heavy (non-hydrogen) atoms. The Kier molecular flexibility index (Phi) is 6.99. The molecule has 0 bridgehead atoms. The maximum Gasteiger partial charge on any atom is 0.416 e. The van der Waals surface area contributed by atoms with Gasteiger partial charge >= 0.3 is 6.18 Å². The number of alkyl halides is 3. The molecule has 0 saturated heterocycles. The number of rotatable bonds is 8. The van der Waals surface area contributed by atoms with Crippen LogP contribution in [0.4, 0.5) is 17.6 Å². The van der Waals surface area contributed by atoms with Gasteiger partial charge in [0.1, 0.15) is 18.2 Å². The maximum absolute atomic E-state index is 13.4. The molecule has 0 aliphatic heterocycles. The van der Waals surface area contributed by atoms with Crippen LogP contribution < -0.4 is 4.74 Å². The average Bonchev–Trinajstić information content (AvgIpc) is 2.59. The standard InChI is InChI=1S/C19H20F4O3/c1-3-24-18(25-4-2)14-7-5-6-13(8-14)12-26-17-10-15(19(21,22)23)9-16(20)11-17/h5-11,18H,3-4,12H2,1-2H3. The molecule has 0 radical (unpaired) electrons. The molecule has 2 aromatic rings. The fraction of sp³-hybridized carbons (Fsp3) is 0.368. The highest BCUT2D eigenvalue weighted by molar-refractivity contribution is 5.32. The van der Waals surface area contributed by atoms with E-state index >= 15 is 0 Å². The van der Waals surface area contributed by atoms with E-state index in [9.17, 15) is 17.6 Å². The van der Waals surface area contributed by atoms with E-state index in [1.807, 2.05) is 19.9 Å². The molecule has 3 nitrogen and oxygen atoms in total. The Balaban J connectivity index is 2.13. The van der Waals surface area contributed by atoms with Gasteiger partial charge < -0.3 is 14.2 Å². The van der Waals surface area contributed by atoms with E-state index in [1.165, 1.54) is 0 Å². The topological polar surface area (TPSA) is 27.7 Å². The van der Waals surface area contributed by atoms with Crippen LogP contribution in [0.2, 0.25) is 0 Å². The third-order valence-corrected chi connectivity index (χ3v) is 3.46. The molecule has 142 valence electrons. The predicted molar refractivity (Wildman–Crippen MR) is 88.2 cm³/mol. The second-order valence-electron chi connectivity index (χ2n) is 5.45. The lowest BCUT2D eigenvalue weighted by molar-refractivity contribution is -0.140. The highest BCUT2D eigenvalue weighted by Crippen LogP contribution is 2.32. The summed E-state index contributed by atoms with van der Waals surface area (Å²) in [6.07, 6.45) is -5.17. The summed E-state index contributed by atoms with van der Waals surface area (Å²) in [5.41, 5.74) is 0.378. The molecule has 2 aromatic carbocycles. The smallest absolute Gasteiger partial charge is 0.416 e. The summed E-state index contributed by atoms with van der Waals surface area (Å²) >= 11 is 0. The van der Waals surface area contributed by atoms with Crippen LogP contribution in [0, 0.1) is 5.82 Å². The maximum atomic E-state index is 13.4. The highest BCUT2D eigenvalue weighted by Gasteiger charge is 2.31. The monoisotopic (exact) mass is 372 g/mol. The second kappa shape index (κ2) is 9.00. The summed E-state index contributed by atoms with van der Waals surface area (Å²) in [5.74, 6) is -1.19. The van der Waals surface area contributed by atoms with Crippen molar-refractivity contribution >= 4 is 0 Å². The molecular weight excluding hydrogens is 352 g/mol. The Hall–Kier alpha value is -2.12. The lowest BCUT2D eigenvalue weighted by Gasteiger charge is -2.18. The lowest BCUT2D eigenvalue weighted by Crippen LogP contribution is -2.09. The third kappa shape index (κ3) is 5.71. The van der Waals surface area contributed by atoms with E-state index in [2.05, 4.69) is 0 Å². The van der Waals surface area contributed by atoms with Gasteiger partial charge in [-0.05, 0) is 37.6 Å². The first-order valence-corrected chi connectivity index (χ1v) is 8.16. The molecule has 0 fully saturated rings. The molecule has 7 heteroatoms. The zero-order valence-corrected chi connectivity index (χ0v) is 14.5. The van der Waals surface area contributed by atoms with Crippen molar-refractivity contribution in [2.24, 2.45) is 0 Å². The molecular formula is C19H20F4O3. The largest absolute Gasteiger partial charge is 0.489 e. The van der Waals surface area contributed by atoms with Gasteiger partial charge in [0.2, 0.25) is 0 Å². The molecule has 0 aliphatic carbocycles. The number of hydrogen-bond acceptors (Lipinski definition) is 3. The first-order chi connectivity index (χ1) is 12.3. The van der Waals surface area contributed by atoms with Gasteiger partial charge in [0.15, 0.2) is 6.29 Å². The fourth-order valence-corrected chi connectivity index (χ4v) is 2.35. The zero-order chi connectivity index (χ0) is 19.2. The van der Waals surface area contributed by atoms with Crippen LogP contribution in [0.3, 0.4) is 0 Å². The van der Waals surface area contributed by atoms with Crippen LogP contribution >= 0.6 is 0 Å². The van der Waals surface area contributed by atoms with Crippen molar-refractivity contribution in [1.82, 2.24) is 0 Å². The van der Waals surface area contributed by atoms with Crippen LogP contribution in [0.25, 0.3) is 0 Å². The molecule has 0 heterocycles. The average molecular weight is 372 g/mol. The van der Waals surface area contributed by atoms with Gasteiger partial charge in [-0.25, -0.2) is 4.39 Å². The fourth-order valence-electron chi connectivity index (χ4n) is 2.35. The lowest BCUT2D eigenvalue weighted by atomic mass is 10.1. The Morgan fingerprint density at radius 1 is 0.962 bits per heavy atom. The van der Waals surface area contributed by atoms with Gasteiger partial charge in [-0.2, -0.15) is 13.2 Å². The van der Waals surface area contributed by atoms with Gasteiger partial charge in [0, 0.05) is 24.8 Å². The first-order valence-electron chi connectivity index (χ1n) is 8.16. The number of hydrogen-bond donors (Lipinski definition) is 0. The minimum Gasteiger partial charge on any atom is -0.489 e. The summed E-state index contributed by atoms with van der Waals surface area (Å²) in [6.45, 7) is 4.62. The van der Waals surface area contributed by atoms with Crippen molar-refractivity contribution in [2.75, 3.05) is 13.2 Å². The Morgan fingerprint density at radius 2 is 1.65 bits per heavy atom. The van der Waals surface area contributed by atoms with Crippen molar-refractivity contribution < 1.29 is 31.8 Å². The van der Waals surface area contributed by atoms with Gasteiger partial charge in [-0.15, -0.1) is 0 Å². The van der Waals surface area contributed by atoms with Crippen LogP contribution in [-0.4, -0.2) is 13.2 Å². The van der Waals surface area contributed by atoms with Crippen molar-refractivity contribution in [3.05, 3.63) is 65.0 Å². The van der Waals surface area contributed by atoms with E-state index in [-0.39, 0.29) is 12.4 Å². The highest BCUT2D eigenvalue weighted by atomic mass is 19.4. The number of ether oxygens (including phenoxy) is 3. The third-order valence-electron chi connectivity index (χ3n) is 3.46. The number of benzene rings is 2. The Labute approximate surface area is 149 Å². The molecule has 0 aliphatic rings. The van der Waals surface area contributed by atoms with Gasteiger partial charge in [-0.1, -0.05) is 18.2 Å². The van der Waals surface area contributed by atoms with E-state index in [1.54, 1.807) is 18.2 Å². The molecule has 0 aromatic heterocycles.